The zero-order chi connectivity index (χ0) is 10.9. The molecule has 0 unspecified atom stereocenters. The summed E-state index contributed by atoms with van der Waals surface area (Å²) in [6.45, 7) is 0. The van der Waals surface area contributed by atoms with Crippen LogP contribution in [0.3, 0.4) is 0 Å². The Bertz CT molecular complexity index is 335. The molecule has 0 aliphatic heterocycles. The Hall–Kier alpha value is 1.77. The van der Waals surface area contributed by atoms with Gasteiger partial charge in [0.05, 0.1) is 15.4 Å². The maximum absolute atomic E-state index is 6.22. The van der Waals surface area contributed by atoms with Crippen molar-refractivity contribution < 1.29 is 0 Å². The SMILES string of the molecule is ClC1=C(Cl)[C@@]2(Cl)C[C@H](Cl)[C@@]1(Cl)C2(Cl)Cl. The van der Waals surface area contributed by atoms with Gasteiger partial charge in [-0.3, -0.25) is 0 Å². The summed E-state index contributed by atoms with van der Waals surface area (Å²) in [7, 11) is 0. The van der Waals surface area contributed by atoms with Crippen molar-refractivity contribution >= 4 is 81.2 Å². The third-order valence-electron chi connectivity index (χ3n) is 2.71. The van der Waals surface area contributed by atoms with Crippen molar-refractivity contribution in [2.45, 2.75) is 25.9 Å². The number of fused-ring (bicyclic) bond motifs is 2. The fourth-order valence-corrected chi connectivity index (χ4v) is 5.26. The molecule has 2 aliphatic carbocycles. The zero-order valence-electron chi connectivity index (χ0n) is 6.43. The summed E-state index contributed by atoms with van der Waals surface area (Å²) in [6.07, 6.45) is 0.293. The Kier molecular flexibility index (Phi) is 2.76. The van der Waals surface area contributed by atoms with Crippen LogP contribution in [0.4, 0.5) is 0 Å². The molecule has 2 rings (SSSR count). The molecule has 1 fully saturated rings. The zero-order valence-corrected chi connectivity index (χ0v) is 11.7. The van der Waals surface area contributed by atoms with E-state index in [1.54, 1.807) is 0 Å². The molecule has 0 aromatic heterocycles. The minimum absolute atomic E-state index is 0.145. The van der Waals surface area contributed by atoms with Gasteiger partial charge in [-0.15, -0.1) is 34.8 Å². The molecule has 0 heterocycles. The topological polar surface area (TPSA) is 0 Å². The van der Waals surface area contributed by atoms with Gasteiger partial charge in [0.2, 0.25) is 0 Å². The van der Waals surface area contributed by atoms with E-state index in [0.717, 1.165) is 0 Å². The standard InChI is InChI=1S/C7H3Cl7/c8-2-1-5(11)3(9)4(10)6(2,12)7(5,13)14/h2H,1H2/t2-,5-,6-/m0/s1. The Morgan fingerprint density at radius 3 is 1.79 bits per heavy atom. The largest absolute Gasteiger partial charge is 0.167 e. The second kappa shape index (κ2) is 3.16. The Labute approximate surface area is 116 Å². The van der Waals surface area contributed by atoms with E-state index in [9.17, 15) is 0 Å². The lowest BCUT2D eigenvalue weighted by molar-refractivity contribution is 0.684. The summed E-state index contributed by atoms with van der Waals surface area (Å²) >= 11 is 42.6. The summed E-state index contributed by atoms with van der Waals surface area (Å²) < 4.78 is -1.48. The van der Waals surface area contributed by atoms with Crippen molar-refractivity contribution in [2.24, 2.45) is 0 Å². The smallest absolute Gasteiger partial charge is 0.120 e. The normalized spacial score (nSPS) is 50.4. The molecule has 14 heavy (non-hydrogen) atoms. The molecule has 0 nitrogen and oxygen atoms in total. The summed E-state index contributed by atoms with van der Waals surface area (Å²) in [5.41, 5.74) is 0. The number of alkyl halides is 5. The van der Waals surface area contributed by atoms with Gasteiger partial charge in [0.25, 0.3) is 0 Å². The van der Waals surface area contributed by atoms with Gasteiger partial charge in [0.15, 0.2) is 4.33 Å². The van der Waals surface area contributed by atoms with Gasteiger partial charge >= 0.3 is 0 Å². The predicted molar refractivity (Wildman–Crippen MR) is 64.6 cm³/mol. The lowest BCUT2D eigenvalue weighted by Gasteiger charge is -2.31. The quantitative estimate of drug-likeness (QED) is 0.556. The first-order valence-corrected chi connectivity index (χ1v) is 6.36. The molecule has 2 bridgehead atoms. The van der Waals surface area contributed by atoms with E-state index in [0.29, 0.717) is 6.42 Å². The summed E-state index contributed by atoms with van der Waals surface area (Å²) in [5.74, 6) is 0. The molecule has 1 saturated carbocycles. The van der Waals surface area contributed by atoms with Crippen LogP contribution in [0.5, 0.6) is 0 Å². The second-order valence-electron chi connectivity index (χ2n) is 3.39. The minimum atomic E-state index is -1.48. The van der Waals surface area contributed by atoms with Crippen LogP contribution in [-0.4, -0.2) is 19.5 Å². The third-order valence-corrected chi connectivity index (χ3v) is 7.58. The monoisotopic (exact) mass is 332 g/mol. The van der Waals surface area contributed by atoms with Gasteiger partial charge < -0.3 is 0 Å². The summed E-state index contributed by atoms with van der Waals surface area (Å²) in [6, 6.07) is 0. The fraction of sp³-hybridized carbons (Fsp3) is 0.714. The maximum Gasteiger partial charge on any atom is 0.167 e. The van der Waals surface area contributed by atoms with Gasteiger partial charge in [-0.25, -0.2) is 0 Å². The van der Waals surface area contributed by atoms with Crippen molar-refractivity contribution in [2.75, 3.05) is 0 Å². The summed E-state index contributed by atoms with van der Waals surface area (Å²) in [5, 5.41) is -0.198. The maximum atomic E-state index is 6.22. The van der Waals surface area contributed by atoms with Crippen molar-refractivity contribution in [3.05, 3.63) is 10.1 Å². The van der Waals surface area contributed by atoms with Gasteiger partial charge in [0.1, 0.15) is 9.75 Å². The van der Waals surface area contributed by atoms with Crippen molar-refractivity contribution in [3.63, 3.8) is 0 Å². The predicted octanol–water partition coefficient (Wildman–Crippen LogP) is 4.83. The molecule has 2 aliphatic rings. The lowest BCUT2D eigenvalue weighted by atomic mass is 10.1. The third kappa shape index (κ3) is 1.03. The van der Waals surface area contributed by atoms with E-state index in [4.69, 9.17) is 81.2 Å². The fourth-order valence-electron chi connectivity index (χ4n) is 1.84. The molecule has 0 radical (unpaired) electrons. The minimum Gasteiger partial charge on any atom is -0.120 e. The first-order valence-electron chi connectivity index (χ1n) is 3.65. The number of hydrogen-bond acceptors (Lipinski definition) is 0. The van der Waals surface area contributed by atoms with Crippen molar-refractivity contribution in [1.29, 1.82) is 0 Å². The van der Waals surface area contributed by atoms with Crippen LogP contribution in [-0.2, 0) is 0 Å². The van der Waals surface area contributed by atoms with Crippen LogP contribution < -0.4 is 0 Å². The van der Waals surface area contributed by atoms with Crippen molar-refractivity contribution in [3.8, 4) is 0 Å². The van der Waals surface area contributed by atoms with E-state index in [-0.39, 0.29) is 10.1 Å². The van der Waals surface area contributed by atoms with Crippen LogP contribution in [0.1, 0.15) is 6.42 Å². The highest BCUT2D eigenvalue weighted by Crippen LogP contribution is 2.73. The number of rotatable bonds is 0. The average molecular weight is 335 g/mol. The Morgan fingerprint density at radius 2 is 1.50 bits per heavy atom. The summed E-state index contributed by atoms with van der Waals surface area (Å²) in [4.78, 5) is -2.47. The molecule has 0 aromatic rings. The lowest BCUT2D eigenvalue weighted by Crippen LogP contribution is -2.44. The van der Waals surface area contributed by atoms with Crippen LogP contribution in [0, 0.1) is 0 Å². The van der Waals surface area contributed by atoms with E-state index < -0.39 is 19.5 Å². The molecule has 3 atom stereocenters. The molecule has 0 N–H and O–H groups in total. The van der Waals surface area contributed by atoms with Crippen LogP contribution in [0.25, 0.3) is 0 Å². The highest BCUT2D eigenvalue weighted by atomic mass is 35.5. The molecule has 80 valence electrons. The van der Waals surface area contributed by atoms with E-state index in [1.807, 2.05) is 0 Å². The Balaban J connectivity index is 2.70. The van der Waals surface area contributed by atoms with E-state index in [1.165, 1.54) is 0 Å². The molecule has 0 spiro atoms. The van der Waals surface area contributed by atoms with Gasteiger partial charge in [0, 0.05) is 0 Å². The number of halogens is 7. The average Bonchev–Trinajstić information content (AvgIpc) is 2.27. The van der Waals surface area contributed by atoms with Gasteiger partial charge in [-0.1, -0.05) is 46.4 Å². The van der Waals surface area contributed by atoms with Gasteiger partial charge in [-0.2, -0.15) is 0 Å². The molecule has 0 aromatic carbocycles. The van der Waals surface area contributed by atoms with Crippen molar-refractivity contribution in [1.82, 2.24) is 0 Å². The first kappa shape index (κ1) is 12.2. The Morgan fingerprint density at radius 1 is 1.00 bits per heavy atom. The highest BCUT2D eigenvalue weighted by molar-refractivity contribution is 6.66. The first-order chi connectivity index (χ1) is 6.19. The number of allylic oxidation sites excluding steroid dienone is 2. The van der Waals surface area contributed by atoms with Crippen LogP contribution in [0.15, 0.2) is 10.1 Å². The molecule has 0 saturated heterocycles. The molecular formula is C7H3Cl7. The second-order valence-corrected chi connectivity index (χ2v) is 7.24. The van der Waals surface area contributed by atoms with E-state index >= 15 is 0 Å². The van der Waals surface area contributed by atoms with Gasteiger partial charge in [-0.05, 0) is 6.42 Å². The molecule has 0 amide bonds. The van der Waals surface area contributed by atoms with Crippen LogP contribution in [0.2, 0.25) is 0 Å². The van der Waals surface area contributed by atoms with Crippen LogP contribution >= 0.6 is 81.2 Å². The number of hydrogen-bond donors (Lipinski definition) is 0. The molecule has 7 heteroatoms. The molecular weight excluding hydrogens is 332 g/mol. The van der Waals surface area contributed by atoms with E-state index in [2.05, 4.69) is 0 Å². The highest BCUT2D eigenvalue weighted by Gasteiger charge is 2.78.